The summed E-state index contributed by atoms with van der Waals surface area (Å²) in [6.07, 6.45) is -2.68. The van der Waals surface area contributed by atoms with E-state index in [0.717, 1.165) is 34.3 Å². The van der Waals surface area contributed by atoms with Crippen LogP contribution in [-0.2, 0) is 38.0 Å². The molecule has 4 rings (SSSR count). The molecule has 0 saturated carbocycles. The van der Waals surface area contributed by atoms with Crippen molar-refractivity contribution in [3.8, 4) is 5.69 Å². The van der Waals surface area contributed by atoms with Gasteiger partial charge in [0.05, 0.1) is 16.6 Å². The highest BCUT2D eigenvalue weighted by Gasteiger charge is 2.30. The van der Waals surface area contributed by atoms with Gasteiger partial charge in [-0.3, -0.25) is 0 Å². The first kappa shape index (κ1) is 40.4. The average Bonchev–Trinajstić information content (AvgIpc) is 3.47. The molecule has 0 aliphatic rings. The van der Waals surface area contributed by atoms with Crippen molar-refractivity contribution >= 4 is 57.8 Å². The van der Waals surface area contributed by atoms with E-state index in [-0.39, 0.29) is 25.2 Å². The number of nitrogens with zero attached hydrogens (tertiary/aromatic N) is 2. The fourth-order valence-electron chi connectivity index (χ4n) is 5.49. The second kappa shape index (κ2) is 17.9. The van der Waals surface area contributed by atoms with Crippen LogP contribution < -0.4 is 10.2 Å². The number of rotatable bonds is 15. The molecule has 0 aliphatic carbocycles. The molecule has 0 spiro atoms. The summed E-state index contributed by atoms with van der Waals surface area (Å²) in [5.41, 5.74) is 2.52. The Morgan fingerprint density at radius 2 is 1.52 bits per heavy atom. The minimum Gasteiger partial charge on any atom is -0.461 e. The molecule has 14 heteroatoms. The van der Waals surface area contributed by atoms with Crippen LogP contribution in [-0.4, -0.2) is 72.3 Å². The summed E-state index contributed by atoms with van der Waals surface area (Å²) in [5, 5.41) is 3.33. The van der Waals surface area contributed by atoms with Crippen molar-refractivity contribution in [1.82, 2.24) is 9.88 Å². The predicted molar refractivity (Wildman–Crippen MR) is 196 cm³/mol. The molecule has 1 heterocycles. The summed E-state index contributed by atoms with van der Waals surface area (Å²) in [4.78, 5) is 40.8. The normalized spacial score (nSPS) is 12.3. The Morgan fingerprint density at radius 1 is 0.885 bits per heavy atom. The van der Waals surface area contributed by atoms with E-state index in [9.17, 15) is 27.6 Å². The van der Waals surface area contributed by atoms with Gasteiger partial charge in [-0.2, -0.15) is 13.2 Å². The Labute approximate surface area is 310 Å². The lowest BCUT2D eigenvalue weighted by Gasteiger charge is -2.24. The van der Waals surface area contributed by atoms with Crippen molar-refractivity contribution in [2.45, 2.75) is 58.4 Å². The highest BCUT2D eigenvalue weighted by molar-refractivity contribution is 6.18. The lowest BCUT2D eigenvalue weighted by Crippen LogP contribution is -2.45. The minimum atomic E-state index is -4.44. The van der Waals surface area contributed by atoms with Gasteiger partial charge in [0.1, 0.15) is 24.9 Å². The van der Waals surface area contributed by atoms with Gasteiger partial charge in [0, 0.05) is 54.2 Å². The molecule has 52 heavy (non-hydrogen) atoms. The van der Waals surface area contributed by atoms with Gasteiger partial charge in [0.25, 0.3) is 0 Å². The molecule has 1 unspecified atom stereocenters. The number of benzene rings is 3. The van der Waals surface area contributed by atoms with Crippen molar-refractivity contribution < 1.29 is 41.8 Å². The molecule has 0 fully saturated rings. The number of ether oxygens (including phenoxy) is 3. The van der Waals surface area contributed by atoms with Gasteiger partial charge in [-0.1, -0.05) is 19.1 Å². The summed E-state index contributed by atoms with van der Waals surface area (Å²) < 4.78 is 57.2. The number of esters is 2. The zero-order valence-electron chi connectivity index (χ0n) is 29.4. The number of alkyl halides is 5. The summed E-state index contributed by atoms with van der Waals surface area (Å²) in [6, 6.07) is 16.1. The molecule has 280 valence electrons. The summed E-state index contributed by atoms with van der Waals surface area (Å²) in [5.74, 6) is -0.530. The highest BCUT2D eigenvalue weighted by Crippen LogP contribution is 2.31. The van der Waals surface area contributed by atoms with Gasteiger partial charge >= 0.3 is 24.2 Å². The van der Waals surface area contributed by atoms with E-state index in [4.69, 9.17) is 37.4 Å². The maximum atomic E-state index is 13.2. The molecule has 1 aromatic heterocycles. The number of halogens is 5. The van der Waals surface area contributed by atoms with Gasteiger partial charge in [-0.15, -0.1) is 23.2 Å². The number of anilines is 1. The molecular formula is C38H42Cl2F3N3O6. The molecule has 0 radical (unpaired) electrons. The molecule has 0 bridgehead atoms. The van der Waals surface area contributed by atoms with Gasteiger partial charge in [0.15, 0.2) is 0 Å². The molecule has 0 saturated heterocycles. The van der Waals surface area contributed by atoms with Crippen molar-refractivity contribution in [3.63, 3.8) is 0 Å². The number of carbonyl (C=O) groups excluding carboxylic acids is 3. The smallest absolute Gasteiger partial charge is 0.416 e. The number of fused-ring (bicyclic) bond motifs is 1. The molecule has 1 amide bonds. The molecule has 0 aliphatic heterocycles. The van der Waals surface area contributed by atoms with Crippen LogP contribution in [0, 0.1) is 0 Å². The van der Waals surface area contributed by atoms with E-state index >= 15 is 0 Å². The third kappa shape index (κ3) is 11.0. The molecule has 1 N–H and O–H groups in total. The Kier molecular flexibility index (Phi) is 13.9. The first-order chi connectivity index (χ1) is 24.6. The molecular weight excluding hydrogens is 722 g/mol. The number of aryl methyl sites for hydroxylation is 1. The number of carbonyl (C=O) groups is 3. The second-order valence-electron chi connectivity index (χ2n) is 12.9. The average molecular weight is 765 g/mol. The van der Waals surface area contributed by atoms with Gasteiger partial charge in [-0.05, 0) is 92.9 Å². The van der Waals surface area contributed by atoms with E-state index in [1.807, 2.05) is 42.3 Å². The van der Waals surface area contributed by atoms with Crippen LogP contribution in [0.4, 0.5) is 23.7 Å². The maximum Gasteiger partial charge on any atom is 0.416 e. The van der Waals surface area contributed by atoms with Crippen LogP contribution in [0.5, 0.6) is 0 Å². The summed E-state index contributed by atoms with van der Waals surface area (Å²) >= 11 is 11.9. The van der Waals surface area contributed by atoms with E-state index in [2.05, 4.69) is 5.32 Å². The van der Waals surface area contributed by atoms with Gasteiger partial charge in [-0.25, -0.2) is 14.4 Å². The molecule has 3 aromatic carbocycles. The highest BCUT2D eigenvalue weighted by atomic mass is 35.5. The Hall–Kier alpha value is -4.42. The SMILES string of the molecule is CCc1cn(-c2ccc(C(F)(F)F)cc2)c2ccc(C(=O)OCCOC(=O)C(Cc3ccc(N(CCCl)CCCl)cc3)NC(=O)OC(C)(C)C)cc12. The van der Waals surface area contributed by atoms with Crippen molar-refractivity contribution in [3.05, 3.63) is 95.2 Å². The van der Waals surface area contributed by atoms with Crippen molar-refractivity contribution in [1.29, 1.82) is 0 Å². The van der Waals surface area contributed by atoms with Crippen LogP contribution in [0.25, 0.3) is 16.6 Å². The van der Waals surface area contributed by atoms with Crippen molar-refractivity contribution in [2.75, 3.05) is 43.0 Å². The molecule has 1 atom stereocenters. The largest absolute Gasteiger partial charge is 0.461 e. The second-order valence-corrected chi connectivity index (χ2v) is 13.6. The number of nitrogens with one attached hydrogen (secondary N) is 1. The Balaban J connectivity index is 1.40. The standard InChI is InChI=1S/C38H42Cl2F3N3O6/c1-5-26-24-46(30-13-9-28(10-14-30)38(41,42)43)33-15-8-27(23-31(26)33)34(47)50-20-21-51-35(48)32(44-36(49)52-37(2,3)4)22-25-6-11-29(12-7-25)45(18-16-39)19-17-40/h6-15,23-24,32H,5,16-22H2,1-4H3,(H,44,49). The number of amides is 1. The molecule has 9 nitrogen and oxygen atoms in total. The fourth-order valence-corrected chi connectivity index (χ4v) is 5.90. The van der Waals surface area contributed by atoms with Crippen LogP contribution in [0.2, 0.25) is 0 Å². The van der Waals surface area contributed by atoms with Crippen LogP contribution in [0.1, 0.15) is 54.7 Å². The monoisotopic (exact) mass is 763 g/mol. The number of hydrogen-bond acceptors (Lipinski definition) is 7. The topological polar surface area (TPSA) is 99.1 Å². The summed E-state index contributed by atoms with van der Waals surface area (Å²) in [7, 11) is 0. The Bertz CT molecular complexity index is 1820. The van der Waals surface area contributed by atoms with Gasteiger partial charge < -0.3 is 29.0 Å². The van der Waals surface area contributed by atoms with Crippen LogP contribution in [0.3, 0.4) is 0 Å². The first-order valence-electron chi connectivity index (χ1n) is 16.7. The lowest BCUT2D eigenvalue weighted by atomic mass is 10.1. The lowest BCUT2D eigenvalue weighted by molar-refractivity contribution is -0.147. The third-order valence-electron chi connectivity index (χ3n) is 7.96. The maximum absolute atomic E-state index is 13.2. The van der Waals surface area contributed by atoms with Crippen LogP contribution in [0.15, 0.2) is 72.9 Å². The minimum absolute atomic E-state index is 0.106. The molecule has 4 aromatic rings. The zero-order chi connectivity index (χ0) is 38.1. The van der Waals surface area contributed by atoms with Gasteiger partial charge in [0.2, 0.25) is 0 Å². The number of hydrogen-bond donors (Lipinski definition) is 1. The van der Waals surface area contributed by atoms with E-state index in [1.165, 1.54) is 12.1 Å². The quantitative estimate of drug-likeness (QED) is 0.0563. The number of alkyl carbamates (subject to hydrolysis) is 1. The zero-order valence-corrected chi connectivity index (χ0v) is 30.9. The van der Waals surface area contributed by atoms with E-state index in [0.29, 0.717) is 42.5 Å². The first-order valence-corrected chi connectivity index (χ1v) is 17.8. The van der Waals surface area contributed by atoms with E-state index in [1.54, 1.807) is 43.5 Å². The van der Waals surface area contributed by atoms with Crippen molar-refractivity contribution in [2.24, 2.45) is 0 Å². The third-order valence-corrected chi connectivity index (χ3v) is 8.30. The van der Waals surface area contributed by atoms with Crippen LogP contribution >= 0.6 is 23.2 Å². The van der Waals surface area contributed by atoms with E-state index < -0.39 is 41.4 Å². The fraction of sp³-hybridized carbons (Fsp3) is 0.395. The number of aromatic nitrogens is 1. The summed E-state index contributed by atoms with van der Waals surface area (Å²) in [6.45, 7) is 7.75. The Morgan fingerprint density at radius 3 is 2.10 bits per heavy atom. The predicted octanol–water partition coefficient (Wildman–Crippen LogP) is 8.33.